The molecule has 6 heteroatoms. The molecule has 0 aromatic heterocycles. The highest BCUT2D eigenvalue weighted by Gasteiger charge is 2.40. The molecule has 1 rings (SSSR count). The monoisotopic (exact) mass is 284 g/mol. The number of aliphatic hydroxyl groups excluding tert-OH is 2. The maximum Gasteiger partial charge on any atom is 0.300 e. The first-order chi connectivity index (χ1) is 6.88. The summed E-state index contributed by atoms with van der Waals surface area (Å²) in [6.07, 6.45) is -2.36. The SMILES string of the molecule is OCC(F)(F)C(O)c1cc(Br)ccc1F. The first kappa shape index (κ1) is 12.5. The number of hydrogen-bond donors (Lipinski definition) is 2. The number of benzene rings is 1. The third-order valence-corrected chi connectivity index (χ3v) is 2.36. The molecular weight excluding hydrogens is 277 g/mol. The average Bonchev–Trinajstić information content (AvgIpc) is 2.20. The summed E-state index contributed by atoms with van der Waals surface area (Å²) in [7, 11) is 0. The molecule has 84 valence electrons. The molecule has 0 bridgehead atoms. The normalized spacial score (nSPS) is 14.0. The lowest BCUT2D eigenvalue weighted by Crippen LogP contribution is -2.30. The van der Waals surface area contributed by atoms with Gasteiger partial charge in [0.15, 0.2) is 0 Å². The van der Waals surface area contributed by atoms with E-state index in [1.165, 1.54) is 6.07 Å². The van der Waals surface area contributed by atoms with Gasteiger partial charge in [-0.25, -0.2) is 13.2 Å². The lowest BCUT2D eigenvalue weighted by atomic mass is 10.0. The average molecular weight is 285 g/mol. The van der Waals surface area contributed by atoms with Gasteiger partial charge in [-0.15, -0.1) is 0 Å². The zero-order chi connectivity index (χ0) is 11.6. The van der Waals surface area contributed by atoms with E-state index in [1.54, 1.807) is 0 Å². The number of rotatable bonds is 3. The van der Waals surface area contributed by atoms with Gasteiger partial charge < -0.3 is 10.2 Å². The Kier molecular flexibility index (Phi) is 3.75. The second kappa shape index (κ2) is 4.51. The highest BCUT2D eigenvalue weighted by Crippen LogP contribution is 2.33. The van der Waals surface area contributed by atoms with Crippen molar-refractivity contribution >= 4 is 15.9 Å². The van der Waals surface area contributed by atoms with E-state index in [0.29, 0.717) is 4.47 Å². The fourth-order valence-electron chi connectivity index (χ4n) is 1.04. The molecule has 0 saturated carbocycles. The van der Waals surface area contributed by atoms with Crippen LogP contribution in [0.25, 0.3) is 0 Å². The van der Waals surface area contributed by atoms with Gasteiger partial charge in [0.1, 0.15) is 18.5 Å². The van der Waals surface area contributed by atoms with Crippen LogP contribution in [0.1, 0.15) is 11.7 Å². The molecule has 0 amide bonds. The molecule has 0 aliphatic carbocycles. The number of alkyl halides is 2. The molecule has 15 heavy (non-hydrogen) atoms. The summed E-state index contributed by atoms with van der Waals surface area (Å²) in [4.78, 5) is 0. The van der Waals surface area contributed by atoms with Crippen molar-refractivity contribution in [2.24, 2.45) is 0 Å². The van der Waals surface area contributed by atoms with Crippen molar-refractivity contribution in [1.82, 2.24) is 0 Å². The van der Waals surface area contributed by atoms with E-state index in [1.807, 2.05) is 0 Å². The van der Waals surface area contributed by atoms with Gasteiger partial charge in [-0.05, 0) is 18.2 Å². The summed E-state index contributed by atoms with van der Waals surface area (Å²) >= 11 is 2.97. The quantitative estimate of drug-likeness (QED) is 0.894. The molecule has 1 atom stereocenters. The zero-order valence-corrected chi connectivity index (χ0v) is 9.01. The largest absolute Gasteiger partial charge is 0.390 e. The van der Waals surface area contributed by atoms with Crippen LogP contribution in [0.2, 0.25) is 0 Å². The Morgan fingerprint density at radius 1 is 1.40 bits per heavy atom. The smallest absolute Gasteiger partial charge is 0.300 e. The van der Waals surface area contributed by atoms with Crippen LogP contribution in [-0.2, 0) is 0 Å². The summed E-state index contributed by atoms with van der Waals surface area (Å²) in [6, 6.07) is 3.32. The first-order valence-electron chi connectivity index (χ1n) is 4.00. The lowest BCUT2D eigenvalue weighted by molar-refractivity contribution is -0.139. The second-order valence-electron chi connectivity index (χ2n) is 2.99. The molecule has 1 aromatic rings. The van der Waals surface area contributed by atoms with Gasteiger partial charge >= 0.3 is 0 Å². The molecule has 0 spiro atoms. The number of hydrogen-bond acceptors (Lipinski definition) is 2. The minimum Gasteiger partial charge on any atom is -0.390 e. The van der Waals surface area contributed by atoms with Crippen molar-refractivity contribution in [3.05, 3.63) is 34.1 Å². The van der Waals surface area contributed by atoms with E-state index in [9.17, 15) is 18.3 Å². The summed E-state index contributed by atoms with van der Waals surface area (Å²) in [5.74, 6) is -4.71. The van der Waals surface area contributed by atoms with Gasteiger partial charge in [-0.1, -0.05) is 15.9 Å². The van der Waals surface area contributed by atoms with Crippen LogP contribution in [0.4, 0.5) is 13.2 Å². The van der Waals surface area contributed by atoms with Gasteiger partial charge in [0.05, 0.1) is 0 Å². The van der Waals surface area contributed by atoms with Gasteiger partial charge in [0.2, 0.25) is 0 Å². The summed E-state index contributed by atoms with van der Waals surface area (Å²) in [6.45, 7) is -1.54. The summed E-state index contributed by atoms with van der Waals surface area (Å²) in [5, 5.41) is 17.5. The van der Waals surface area contributed by atoms with Crippen LogP contribution in [0.3, 0.4) is 0 Å². The fraction of sp³-hybridized carbons (Fsp3) is 0.333. The van der Waals surface area contributed by atoms with Crippen LogP contribution in [0, 0.1) is 5.82 Å². The minimum absolute atomic E-state index is 0.367. The summed E-state index contributed by atoms with van der Waals surface area (Å²) < 4.78 is 39.2. The van der Waals surface area contributed by atoms with Crippen molar-refractivity contribution in [3.63, 3.8) is 0 Å². The Morgan fingerprint density at radius 2 is 2.00 bits per heavy atom. The van der Waals surface area contributed by atoms with Crippen LogP contribution < -0.4 is 0 Å². The molecule has 0 aliphatic heterocycles. The van der Waals surface area contributed by atoms with Crippen molar-refractivity contribution in [2.75, 3.05) is 6.61 Å². The fourth-order valence-corrected chi connectivity index (χ4v) is 1.42. The van der Waals surface area contributed by atoms with E-state index in [-0.39, 0.29) is 0 Å². The van der Waals surface area contributed by atoms with E-state index < -0.39 is 30.0 Å². The molecule has 1 aromatic carbocycles. The van der Waals surface area contributed by atoms with Crippen LogP contribution in [-0.4, -0.2) is 22.7 Å². The third-order valence-electron chi connectivity index (χ3n) is 1.86. The summed E-state index contributed by atoms with van der Waals surface area (Å²) in [5.41, 5.74) is -0.552. The number of aliphatic hydroxyl groups is 2. The van der Waals surface area contributed by atoms with E-state index >= 15 is 0 Å². The Bertz CT molecular complexity index is 357. The second-order valence-corrected chi connectivity index (χ2v) is 3.90. The maximum atomic E-state index is 13.1. The Labute approximate surface area is 92.5 Å². The predicted octanol–water partition coefficient (Wildman–Crippen LogP) is 2.25. The number of halogens is 4. The van der Waals surface area contributed by atoms with Crippen molar-refractivity contribution in [3.8, 4) is 0 Å². The zero-order valence-electron chi connectivity index (χ0n) is 7.42. The molecule has 2 N–H and O–H groups in total. The Hall–Kier alpha value is -0.590. The molecule has 0 saturated heterocycles. The van der Waals surface area contributed by atoms with Gasteiger partial charge in [0.25, 0.3) is 5.92 Å². The molecular formula is C9H8BrF3O2. The topological polar surface area (TPSA) is 40.5 Å². The van der Waals surface area contributed by atoms with Gasteiger partial charge in [0, 0.05) is 10.0 Å². The Balaban J connectivity index is 3.10. The van der Waals surface area contributed by atoms with E-state index in [2.05, 4.69) is 15.9 Å². The molecule has 0 aliphatic rings. The minimum atomic E-state index is -3.76. The van der Waals surface area contributed by atoms with Crippen molar-refractivity contribution < 1.29 is 23.4 Å². The van der Waals surface area contributed by atoms with E-state index in [4.69, 9.17) is 5.11 Å². The molecule has 0 fully saturated rings. The lowest BCUT2D eigenvalue weighted by Gasteiger charge is -2.21. The molecule has 0 heterocycles. The van der Waals surface area contributed by atoms with Crippen LogP contribution in [0.15, 0.2) is 22.7 Å². The molecule has 1 unspecified atom stereocenters. The highest BCUT2D eigenvalue weighted by atomic mass is 79.9. The maximum absolute atomic E-state index is 13.1. The predicted molar refractivity (Wildman–Crippen MR) is 51.1 cm³/mol. The molecule has 0 radical (unpaired) electrons. The standard InChI is InChI=1S/C9H8BrF3O2/c10-5-1-2-7(11)6(3-5)8(15)9(12,13)4-14/h1-3,8,14-15H,4H2. The van der Waals surface area contributed by atoms with Crippen molar-refractivity contribution in [2.45, 2.75) is 12.0 Å². The van der Waals surface area contributed by atoms with Crippen LogP contribution >= 0.6 is 15.9 Å². The van der Waals surface area contributed by atoms with Gasteiger partial charge in [-0.3, -0.25) is 0 Å². The molecule has 2 nitrogen and oxygen atoms in total. The Morgan fingerprint density at radius 3 is 2.53 bits per heavy atom. The highest BCUT2D eigenvalue weighted by molar-refractivity contribution is 9.10. The van der Waals surface area contributed by atoms with Gasteiger partial charge in [-0.2, -0.15) is 0 Å². The van der Waals surface area contributed by atoms with Crippen LogP contribution in [0.5, 0.6) is 0 Å². The third kappa shape index (κ3) is 2.70. The van der Waals surface area contributed by atoms with E-state index in [0.717, 1.165) is 12.1 Å². The van der Waals surface area contributed by atoms with Crippen molar-refractivity contribution in [1.29, 1.82) is 0 Å². The first-order valence-corrected chi connectivity index (χ1v) is 4.79.